The molecule has 0 bridgehead atoms. The van der Waals surface area contributed by atoms with Gasteiger partial charge in [0, 0.05) is 0 Å². The maximum atomic E-state index is 10.5. The van der Waals surface area contributed by atoms with Crippen LogP contribution in [0.5, 0.6) is 0 Å². The minimum absolute atomic E-state index is 0.301. The predicted molar refractivity (Wildman–Crippen MR) is 55.0 cm³/mol. The fourth-order valence-electron chi connectivity index (χ4n) is 1.38. The SMILES string of the molecule is CCCCCC(CCCC)[O][Sn]=[O]. The Morgan fingerprint density at radius 1 is 1.08 bits per heavy atom. The molecule has 0 N–H and O–H groups in total. The van der Waals surface area contributed by atoms with Crippen molar-refractivity contribution in [2.24, 2.45) is 0 Å². The van der Waals surface area contributed by atoms with Gasteiger partial charge in [0.1, 0.15) is 0 Å². The van der Waals surface area contributed by atoms with Crippen LogP contribution in [0, 0.1) is 0 Å². The van der Waals surface area contributed by atoms with Crippen LogP contribution in [0.25, 0.3) is 0 Å². The van der Waals surface area contributed by atoms with Crippen molar-refractivity contribution in [2.45, 2.75) is 64.9 Å². The van der Waals surface area contributed by atoms with Gasteiger partial charge >= 0.3 is 92.6 Å². The summed E-state index contributed by atoms with van der Waals surface area (Å²) in [7, 11) is 0. The van der Waals surface area contributed by atoms with Crippen molar-refractivity contribution in [2.75, 3.05) is 0 Å². The standard InChI is InChI=1S/C10H21O.O.Sn/c1-3-5-7-9-10(11)8-6-4-2;;/h10H,3-9H2,1-2H3;;/q-1;;+1. The van der Waals surface area contributed by atoms with Gasteiger partial charge in [-0.25, -0.2) is 0 Å². The Hall–Kier alpha value is 0.559. The van der Waals surface area contributed by atoms with Gasteiger partial charge in [-0.3, -0.25) is 0 Å². The summed E-state index contributed by atoms with van der Waals surface area (Å²) < 4.78 is 15.8. The van der Waals surface area contributed by atoms with Crippen LogP contribution in [0.3, 0.4) is 0 Å². The average Bonchev–Trinajstić information content (AvgIpc) is 2.14. The van der Waals surface area contributed by atoms with E-state index in [1.54, 1.807) is 0 Å². The minimum atomic E-state index is -1.69. The Morgan fingerprint density at radius 2 is 1.69 bits per heavy atom. The van der Waals surface area contributed by atoms with Gasteiger partial charge in [0.05, 0.1) is 0 Å². The zero-order valence-corrected chi connectivity index (χ0v) is 11.7. The van der Waals surface area contributed by atoms with Crippen molar-refractivity contribution >= 4 is 21.5 Å². The molecule has 1 atom stereocenters. The van der Waals surface area contributed by atoms with Crippen LogP contribution >= 0.6 is 0 Å². The second-order valence-electron chi connectivity index (χ2n) is 3.46. The molecule has 0 saturated heterocycles. The fourth-order valence-corrected chi connectivity index (χ4v) is 2.45. The number of hydrogen-bond acceptors (Lipinski definition) is 2. The summed E-state index contributed by atoms with van der Waals surface area (Å²) >= 11 is -1.69. The van der Waals surface area contributed by atoms with Crippen LogP contribution in [0.2, 0.25) is 0 Å². The molecule has 3 heteroatoms. The summed E-state index contributed by atoms with van der Waals surface area (Å²) in [6.45, 7) is 4.38. The molecule has 13 heavy (non-hydrogen) atoms. The van der Waals surface area contributed by atoms with Crippen molar-refractivity contribution < 1.29 is 6.15 Å². The van der Waals surface area contributed by atoms with Gasteiger partial charge in [0.15, 0.2) is 0 Å². The summed E-state index contributed by atoms with van der Waals surface area (Å²) in [4.78, 5) is 0. The van der Waals surface area contributed by atoms with E-state index < -0.39 is 21.5 Å². The quantitative estimate of drug-likeness (QED) is 0.482. The van der Waals surface area contributed by atoms with Gasteiger partial charge < -0.3 is 0 Å². The summed E-state index contributed by atoms with van der Waals surface area (Å²) in [5.41, 5.74) is 0. The Kier molecular flexibility index (Phi) is 11.1. The molecule has 0 aromatic carbocycles. The van der Waals surface area contributed by atoms with E-state index in [4.69, 9.17) is 3.07 Å². The van der Waals surface area contributed by atoms with E-state index in [-0.39, 0.29) is 0 Å². The molecule has 0 aliphatic carbocycles. The zero-order valence-electron chi connectivity index (χ0n) is 8.84. The van der Waals surface area contributed by atoms with Gasteiger partial charge in [-0.1, -0.05) is 0 Å². The molecule has 1 unspecified atom stereocenters. The molecule has 0 aromatic heterocycles. The molecule has 0 fully saturated rings. The molecule has 0 amide bonds. The van der Waals surface area contributed by atoms with Crippen molar-refractivity contribution in [1.29, 1.82) is 0 Å². The molecule has 77 valence electrons. The number of hydrogen-bond donors (Lipinski definition) is 0. The van der Waals surface area contributed by atoms with E-state index in [9.17, 15) is 3.08 Å². The van der Waals surface area contributed by atoms with Gasteiger partial charge in [-0.15, -0.1) is 0 Å². The third kappa shape index (κ3) is 8.88. The molecular formula is C10H21O2Sn. The van der Waals surface area contributed by atoms with Gasteiger partial charge in [0.25, 0.3) is 0 Å². The second-order valence-corrected chi connectivity index (χ2v) is 4.61. The number of unbranched alkanes of at least 4 members (excludes halogenated alkanes) is 3. The number of rotatable bonds is 9. The van der Waals surface area contributed by atoms with E-state index in [2.05, 4.69) is 13.8 Å². The molecule has 1 radical (unpaired) electrons. The summed E-state index contributed by atoms with van der Waals surface area (Å²) in [5.74, 6) is 0. The zero-order chi connectivity index (χ0) is 9.94. The third-order valence-corrected chi connectivity index (χ3v) is 3.45. The Bertz CT molecular complexity index is 117. The fraction of sp³-hybridized carbons (Fsp3) is 1.00. The molecule has 0 saturated carbocycles. The Morgan fingerprint density at radius 3 is 2.23 bits per heavy atom. The van der Waals surface area contributed by atoms with Crippen LogP contribution in [-0.4, -0.2) is 27.6 Å². The summed E-state index contributed by atoms with van der Waals surface area (Å²) in [6.07, 6.45) is 8.67. The van der Waals surface area contributed by atoms with Crippen molar-refractivity contribution in [3.8, 4) is 0 Å². The molecule has 2 nitrogen and oxygen atoms in total. The van der Waals surface area contributed by atoms with E-state index in [1.165, 1.54) is 32.1 Å². The second kappa shape index (κ2) is 10.6. The van der Waals surface area contributed by atoms with Crippen LogP contribution in [-0.2, 0) is 6.15 Å². The van der Waals surface area contributed by atoms with E-state index >= 15 is 0 Å². The molecule has 0 aliphatic heterocycles. The van der Waals surface area contributed by atoms with Gasteiger partial charge in [0.2, 0.25) is 0 Å². The molecule has 0 rings (SSSR count). The molecular weight excluding hydrogens is 271 g/mol. The Balaban J connectivity index is 3.47. The summed E-state index contributed by atoms with van der Waals surface area (Å²) in [6, 6.07) is 0. The normalized spacial score (nSPS) is 12.8. The molecule has 0 aliphatic rings. The first-order chi connectivity index (χ1) is 6.35. The van der Waals surface area contributed by atoms with E-state index in [0.29, 0.717) is 6.10 Å². The van der Waals surface area contributed by atoms with Crippen molar-refractivity contribution in [3.63, 3.8) is 0 Å². The molecule has 0 spiro atoms. The van der Waals surface area contributed by atoms with Crippen molar-refractivity contribution in [1.82, 2.24) is 0 Å². The Labute approximate surface area is 92.6 Å². The topological polar surface area (TPSA) is 26.3 Å². The first kappa shape index (κ1) is 13.6. The predicted octanol–water partition coefficient (Wildman–Crippen LogP) is 3.11. The summed E-state index contributed by atoms with van der Waals surface area (Å²) in [5, 5.41) is 0. The van der Waals surface area contributed by atoms with Crippen LogP contribution < -0.4 is 0 Å². The van der Waals surface area contributed by atoms with E-state index in [0.717, 1.165) is 12.8 Å². The molecule has 0 heterocycles. The van der Waals surface area contributed by atoms with Gasteiger partial charge in [-0.05, 0) is 0 Å². The van der Waals surface area contributed by atoms with Crippen molar-refractivity contribution in [3.05, 3.63) is 0 Å². The first-order valence-corrected chi connectivity index (χ1v) is 7.71. The molecule has 0 aromatic rings. The van der Waals surface area contributed by atoms with E-state index in [1.807, 2.05) is 0 Å². The van der Waals surface area contributed by atoms with Crippen LogP contribution in [0.4, 0.5) is 0 Å². The van der Waals surface area contributed by atoms with Crippen LogP contribution in [0.15, 0.2) is 0 Å². The monoisotopic (exact) mass is 293 g/mol. The first-order valence-electron chi connectivity index (χ1n) is 5.37. The van der Waals surface area contributed by atoms with Gasteiger partial charge in [-0.2, -0.15) is 0 Å². The maximum absolute atomic E-state index is 10.5. The average molecular weight is 292 g/mol. The van der Waals surface area contributed by atoms with Crippen LogP contribution in [0.1, 0.15) is 58.8 Å². The third-order valence-electron chi connectivity index (χ3n) is 2.22.